The molecule has 0 aromatic heterocycles. The average Bonchev–Trinajstić information content (AvgIpc) is 2.61. The summed E-state index contributed by atoms with van der Waals surface area (Å²) in [7, 11) is 0. The zero-order valence-corrected chi connectivity index (χ0v) is 12.1. The Kier molecular flexibility index (Phi) is 4.45. The maximum atomic E-state index is 12.6. The molecule has 0 bridgehead atoms. The molecule has 1 unspecified atom stereocenters. The minimum Gasteiger partial charge on any atom is -0.481 e. The quantitative estimate of drug-likeness (QED) is 0.785. The highest BCUT2D eigenvalue weighted by Gasteiger charge is 2.52. The van der Waals surface area contributed by atoms with Crippen molar-refractivity contribution in [1.29, 1.82) is 0 Å². The first-order chi connectivity index (χ1) is 9.46. The standard InChI is InChI=1S/C15H23NO4/c1-11(6-5-7-13(18)19)16-12(17)10-15(14(16)20)8-3-2-4-9-15/h11H,2-10H2,1H3,(H,18,19). The number of amides is 2. The van der Waals surface area contributed by atoms with E-state index >= 15 is 0 Å². The molecule has 1 aliphatic carbocycles. The third-order valence-electron chi connectivity index (χ3n) is 4.69. The molecule has 20 heavy (non-hydrogen) atoms. The van der Waals surface area contributed by atoms with Gasteiger partial charge < -0.3 is 5.11 Å². The van der Waals surface area contributed by atoms with Crippen molar-refractivity contribution in [3.63, 3.8) is 0 Å². The molecule has 1 aliphatic heterocycles. The second-order valence-electron chi connectivity index (χ2n) is 6.22. The normalized spacial score (nSPS) is 23.4. The number of likely N-dealkylation sites (tertiary alicyclic amines) is 1. The molecular weight excluding hydrogens is 258 g/mol. The van der Waals surface area contributed by atoms with Gasteiger partial charge in [0.1, 0.15) is 0 Å². The van der Waals surface area contributed by atoms with Crippen molar-refractivity contribution in [2.45, 2.75) is 70.8 Å². The van der Waals surface area contributed by atoms with Gasteiger partial charge in [-0.1, -0.05) is 19.3 Å². The number of imide groups is 1. The number of aliphatic carboxylic acids is 1. The molecule has 1 N–H and O–H groups in total. The predicted octanol–water partition coefficient (Wildman–Crippen LogP) is 2.34. The number of carboxylic acid groups (broad SMARTS) is 1. The molecule has 0 aromatic carbocycles. The van der Waals surface area contributed by atoms with Crippen molar-refractivity contribution < 1.29 is 19.5 Å². The SMILES string of the molecule is CC(CCCC(=O)O)N1C(=O)CC2(CCCCC2)C1=O. The zero-order valence-electron chi connectivity index (χ0n) is 12.1. The van der Waals surface area contributed by atoms with E-state index < -0.39 is 11.4 Å². The highest BCUT2D eigenvalue weighted by Crippen LogP contribution is 2.46. The Morgan fingerprint density at radius 1 is 1.30 bits per heavy atom. The molecule has 1 saturated heterocycles. The van der Waals surface area contributed by atoms with Crippen LogP contribution in [0, 0.1) is 5.41 Å². The minimum atomic E-state index is -0.833. The van der Waals surface area contributed by atoms with Gasteiger partial charge in [0, 0.05) is 18.9 Å². The molecule has 0 aromatic rings. The Labute approximate surface area is 119 Å². The lowest BCUT2D eigenvalue weighted by molar-refractivity contribution is -0.144. The first-order valence-corrected chi connectivity index (χ1v) is 7.54. The van der Waals surface area contributed by atoms with Crippen LogP contribution in [0.1, 0.15) is 64.7 Å². The van der Waals surface area contributed by atoms with Crippen LogP contribution in [0.2, 0.25) is 0 Å². The smallest absolute Gasteiger partial charge is 0.303 e. The van der Waals surface area contributed by atoms with E-state index in [1.165, 1.54) is 4.90 Å². The number of carbonyl (C=O) groups is 3. The fourth-order valence-electron chi connectivity index (χ4n) is 3.56. The minimum absolute atomic E-state index is 0.00924. The summed E-state index contributed by atoms with van der Waals surface area (Å²) in [4.78, 5) is 36.7. The van der Waals surface area contributed by atoms with Crippen molar-refractivity contribution in [3.05, 3.63) is 0 Å². The maximum Gasteiger partial charge on any atom is 0.303 e. The van der Waals surface area contributed by atoms with Gasteiger partial charge in [-0.05, 0) is 32.6 Å². The van der Waals surface area contributed by atoms with Gasteiger partial charge in [-0.25, -0.2) is 0 Å². The summed E-state index contributed by atoms with van der Waals surface area (Å²) in [5, 5.41) is 8.65. The second-order valence-corrected chi connectivity index (χ2v) is 6.22. The molecule has 0 radical (unpaired) electrons. The van der Waals surface area contributed by atoms with E-state index in [1.54, 1.807) is 0 Å². The van der Waals surface area contributed by atoms with Crippen molar-refractivity contribution in [3.8, 4) is 0 Å². The Morgan fingerprint density at radius 2 is 1.95 bits per heavy atom. The van der Waals surface area contributed by atoms with Crippen LogP contribution in [-0.2, 0) is 14.4 Å². The van der Waals surface area contributed by atoms with E-state index in [0.717, 1.165) is 32.1 Å². The summed E-state index contributed by atoms with van der Waals surface area (Å²) in [6.45, 7) is 1.85. The molecule has 2 aliphatic rings. The Hall–Kier alpha value is -1.39. The molecule has 1 spiro atoms. The summed E-state index contributed by atoms with van der Waals surface area (Å²) < 4.78 is 0. The molecule has 112 valence electrons. The van der Waals surface area contributed by atoms with Gasteiger partial charge >= 0.3 is 5.97 Å². The monoisotopic (exact) mass is 281 g/mol. The van der Waals surface area contributed by atoms with Crippen LogP contribution in [0.15, 0.2) is 0 Å². The van der Waals surface area contributed by atoms with Gasteiger partial charge in [0.05, 0.1) is 5.41 Å². The first-order valence-electron chi connectivity index (χ1n) is 7.54. The first kappa shape index (κ1) is 15.0. The number of hydrogen-bond acceptors (Lipinski definition) is 3. The molecule has 1 atom stereocenters. The summed E-state index contributed by atoms with van der Waals surface area (Å²) in [5.41, 5.74) is -0.434. The molecule has 2 amide bonds. The van der Waals surface area contributed by atoms with Crippen molar-refractivity contribution >= 4 is 17.8 Å². The number of nitrogens with zero attached hydrogens (tertiary/aromatic N) is 1. The van der Waals surface area contributed by atoms with E-state index in [4.69, 9.17) is 5.11 Å². The van der Waals surface area contributed by atoms with Gasteiger partial charge in [-0.15, -0.1) is 0 Å². The maximum absolute atomic E-state index is 12.6. The number of carbonyl (C=O) groups excluding carboxylic acids is 2. The van der Waals surface area contributed by atoms with Crippen molar-refractivity contribution in [2.75, 3.05) is 0 Å². The molecule has 2 rings (SSSR count). The molecule has 1 heterocycles. The summed E-state index contributed by atoms with van der Waals surface area (Å²) in [5.74, 6) is -0.912. The Morgan fingerprint density at radius 3 is 2.55 bits per heavy atom. The van der Waals surface area contributed by atoms with E-state index in [0.29, 0.717) is 19.3 Å². The number of rotatable bonds is 5. The van der Waals surface area contributed by atoms with E-state index in [1.807, 2.05) is 6.92 Å². The van der Waals surface area contributed by atoms with Gasteiger partial charge in [-0.3, -0.25) is 19.3 Å². The van der Waals surface area contributed by atoms with Gasteiger partial charge in [-0.2, -0.15) is 0 Å². The highest BCUT2D eigenvalue weighted by atomic mass is 16.4. The van der Waals surface area contributed by atoms with Crippen LogP contribution in [0.3, 0.4) is 0 Å². The van der Waals surface area contributed by atoms with Crippen LogP contribution in [0.25, 0.3) is 0 Å². The average molecular weight is 281 g/mol. The van der Waals surface area contributed by atoms with E-state index in [9.17, 15) is 14.4 Å². The predicted molar refractivity (Wildman–Crippen MR) is 72.9 cm³/mol. The molecule has 2 fully saturated rings. The molecule has 1 saturated carbocycles. The fourth-order valence-corrected chi connectivity index (χ4v) is 3.56. The third kappa shape index (κ3) is 2.86. The second kappa shape index (κ2) is 5.94. The van der Waals surface area contributed by atoms with Crippen LogP contribution >= 0.6 is 0 Å². The van der Waals surface area contributed by atoms with Gasteiger partial charge in [0.25, 0.3) is 0 Å². The fraction of sp³-hybridized carbons (Fsp3) is 0.800. The van der Waals surface area contributed by atoms with Crippen LogP contribution in [0.4, 0.5) is 0 Å². The van der Waals surface area contributed by atoms with Crippen molar-refractivity contribution in [2.24, 2.45) is 5.41 Å². The van der Waals surface area contributed by atoms with Crippen LogP contribution < -0.4 is 0 Å². The summed E-state index contributed by atoms with van der Waals surface area (Å²) in [6, 6.07) is -0.185. The molecule has 5 nitrogen and oxygen atoms in total. The van der Waals surface area contributed by atoms with Gasteiger partial charge in [0.15, 0.2) is 0 Å². The third-order valence-corrected chi connectivity index (χ3v) is 4.69. The zero-order chi connectivity index (χ0) is 14.8. The molecular formula is C15H23NO4. The lowest BCUT2D eigenvalue weighted by Crippen LogP contribution is -2.42. The lowest BCUT2D eigenvalue weighted by Gasteiger charge is -2.32. The Balaban J connectivity index is 1.99. The summed E-state index contributed by atoms with van der Waals surface area (Å²) in [6.07, 6.45) is 6.38. The topological polar surface area (TPSA) is 74.7 Å². The van der Waals surface area contributed by atoms with Gasteiger partial charge in [0.2, 0.25) is 11.8 Å². The highest BCUT2D eigenvalue weighted by molar-refractivity contribution is 6.06. The molecule has 5 heteroatoms. The van der Waals surface area contributed by atoms with E-state index in [2.05, 4.69) is 0 Å². The van der Waals surface area contributed by atoms with Crippen molar-refractivity contribution in [1.82, 2.24) is 4.90 Å². The van der Waals surface area contributed by atoms with Crippen LogP contribution in [-0.4, -0.2) is 33.8 Å². The largest absolute Gasteiger partial charge is 0.481 e. The lowest BCUT2D eigenvalue weighted by atomic mass is 9.73. The van der Waals surface area contributed by atoms with E-state index in [-0.39, 0.29) is 24.3 Å². The number of carboxylic acids is 1. The van der Waals surface area contributed by atoms with Crippen LogP contribution in [0.5, 0.6) is 0 Å². The Bertz CT molecular complexity index is 412. The number of hydrogen-bond donors (Lipinski definition) is 1. The summed E-state index contributed by atoms with van der Waals surface area (Å²) >= 11 is 0.